The number of rotatable bonds is 1. The molecule has 2 heterocycles. The fourth-order valence-electron chi connectivity index (χ4n) is 1.87. The minimum atomic E-state index is 0.0163. The molecule has 0 aliphatic carbocycles. The van der Waals surface area contributed by atoms with Gasteiger partial charge in [-0.25, -0.2) is 4.98 Å². The van der Waals surface area contributed by atoms with Crippen LogP contribution in [0.1, 0.15) is 15.8 Å². The average Bonchev–Trinajstić information content (AvgIpc) is 2.81. The van der Waals surface area contributed by atoms with E-state index in [0.717, 1.165) is 16.3 Å². The first-order valence-electron chi connectivity index (χ1n) is 5.34. The van der Waals surface area contributed by atoms with Gasteiger partial charge in [0.15, 0.2) is 0 Å². The summed E-state index contributed by atoms with van der Waals surface area (Å²) in [6.45, 7) is 0. The van der Waals surface area contributed by atoms with Crippen molar-refractivity contribution in [2.45, 2.75) is 5.25 Å². The third-order valence-electron chi connectivity index (χ3n) is 2.63. The van der Waals surface area contributed by atoms with Gasteiger partial charge in [-0.05, 0) is 23.8 Å². The first-order valence-corrected chi connectivity index (χ1v) is 7.65. The molecule has 1 aromatic carbocycles. The zero-order valence-electron chi connectivity index (χ0n) is 9.22. The molecule has 0 fully saturated rings. The molecular formula is C12H9ClN2OS2. The predicted octanol–water partition coefficient (Wildman–Crippen LogP) is 3.57. The number of thioether (sulfide) groups is 1. The summed E-state index contributed by atoms with van der Waals surface area (Å²) in [6, 6.07) is 5.54. The summed E-state index contributed by atoms with van der Waals surface area (Å²) in [5.41, 5.74) is 1.85. The van der Waals surface area contributed by atoms with Crippen LogP contribution < -0.4 is 5.32 Å². The van der Waals surface area contributed by atoms with E-state index in [9.17, 15) is 4.79 Å². The molecule has 1 aromatic heterocycles. The number of hydrogen-bond donors (Lipinski definition) is 1. The van der Waals surface area contributed by atoms with Gasteiger partial charge < -0.3 is 5.32 Å². The van der Waals surface area contributed by atoms with Crippen LogP contribution in [0.2, 0.25) is 5.02 Å². The molecule has 3 rings (SSSR count). The molecule has 0 bridgehead atoms. The summed E-state index contributed by atoms with van der Waals surface area (Å²) in [6.07, 6.45) is 1.78. The monoisotopic (exact) mass is 296 g/mol. The van der Waals surface area contributed by atoms with Gasteiger partial charge >= 0.3 is 0 Å². The lowest BCUT2D eigenvalue weighted by Crippen LogP contribution is -2.12. The number of aromatic nitrogens is 1. The SMILES string of the molecule is O=C1CSC(c2nccs2)c2cc(Cl)ccc2N1. The van der Waals surface area contributed by atoms with Crippen molar-refractivity contribution in [3.63, 3.8) is 0 Å². The van der Waals surface area contributed by atoms with Crippen molar-refractivity contribution >= 4 is 46.3 Å². The smallest absolute Gasteiger partial charge is 0.234 e. The number of amides is 1. The molecule has 1 N–H and O–H groups in total. The van der Waals surface area contributed by atoms with Crippen LogP contribution in [0.15, 0.2) is 29.8 Å². The van der Waals surface area contributed by atoms with Crippen molar-refractivity contribution in [2.75, 3.05) is 11.1 Å². The third kappa shape index (κ3) is 2.25. The third-order valence-corrected chi connectivity index (χ3v) is 5.09. The summed E-state index contributed by atoms with van der Waals surface area (Å²) in [4.78, 5) is 16.0. The summed E-state index contributed by atoms with van der Waals surface area (Å²) < 4.78 is 0. The van der Waals surface area contributed by atoms with Crippen LogP contribution in [0.4, 0.5) is 5.69 Å². The second kappa shape index (κ2) is 4.91. The molecule has 1 aliphatic rings. The van der Waals surface area contributed by atoms with Gasteiger partial charge in [0.2, 0.25) is 5.91 Å². The van der Waals surface area contributed by atoms with Crippen LogP contribution in [-0.2, 0) is 4.79 Å². The summed E-state index contributed by atoms with van der Waals surface area (Å²) in [7, 11) is 0. The van der Waals surface area contributed by atoms with Gasteiger partial charge in [0, 0.05) is 22.3 Å². The highest BCUT2D eigenvalue weighted by Gasteiger charge is 2.25. The highest BCUT2D eigenvalue weighted by Crippen LogP contribution is 2.42. The van der Waals surface area contributed by atoms with Gasteiger partial charge in [-0.15, -0.1) is 23.1 Å². The molecule has 0 spiro atoms. The van der Waals surface area contributed by atoms with Gasteiger partial charge in [-0.1, -0.05) is 11.6 Å². The average molecular weight is 297 g/mol. The topological polar surface area (TPSA) is 42.0 Å². The first-order chi connectivity index (χ1) is 8.74. The Hall–Kier alpha value is -1.04. The first kappa shape index (κ1) is 12.0. The van der Waals surface area contributed by atoms with Crippen molar-refractivity contribution in [1.29, 1.82) is 0 Å². The number of nitrogens with zero attached hydrogens (tertiary/aromatic N) is 1. The van der Waals surface area contributed by atoms with Crippen LogP contribution in [0.5, 0.6) is 0 Å². The number of halogens is 1. The number of carbonyl (C=O) groups excluding carboxylic acids is 1. The fraction of sp³-hybridized carbons (Fsp3) is 0.167. The molecule has 0 saturated carbocycles. The van der Waals surface area contributed by atoms with Crippen LogP contribution in [0.25, 0.3) is 0 Å². The Morgan fingerprint density at radius 2 is 2.33 bits per heavy atom. The van der Waals surface area contributed by atoms with E-state index in [4.69, 9.17) is 11.6 Å². The van der Waals surface area contributed by atoms with E-state index in [1.165, 1.54) is 0 Å². The second-order valence-electron chi connectivity index (χ2n) is 3.84. The number of thiazole rings is 1. The van der Waals surface area contributed by atoms with Crippen LogP contribution >= 0.6 is 34.7 Å². The van der Waals surface area contributed by atoms with E-state index < -0.39 is 0 Å². The maximum absolute atomic E-state index is 11.7. The molecule has 6 heteroatoms. The molecule has 1 unspecified atom stereocenters. The van der Waals surface area contributed by atoms with Gasteiger partial charge in [-0.2, -0.15) is 0 Å². The standard InChI is InChI=1S/C12H9ClN2OS2/c13-7-1-2-9-8(5-7)11(12-14-3-4-17-12)18-6-10(16)15-9/h1-5,11H,6H2,(H,15,16). The Bertz CT molecular complexity index is 586. The lowest BCUT2D eigenvalue weighted by molar-refractivity contribution is -0.113. The number of benzene rings is 1. The minimum Gasteiger partial charge on any atom is -0.325 e. The summed E-state index contributed by atoms with van der Waals surface area (Å²) >= 11 is 9.23. The molecule has 2 aromatic rings. The Kier molecular flexibility index (Phi) is 3.28. The number of hydrogen-bond acceptors (Lipinski definition) is 4. The molecule has 18 heavy (non-hydrogen) atoms. The normalized spacial score (nSPS) is 18.9. The molecule has 0 radical (unpaired) electrons. The van der Waals surface area contributed by atoms with Crippen molar-refractivity contribution in [3.8, 4) is 0 Å². The predicted molar refractivity (Wildman–Crippen MR) is 76.5 cm³/mol. The van der Waals surface area contributed by atoms with Crippen molar-refractivity contribution in [2.24, 2.45) is 0 Å². The highest BCUT2D eigenvalue weighted by atomic mass is 35.5. The molecule has 92 valence electrons. The number of anilines is 1. The summed E-state index contributed by atoms with van der Waals surface area (Å²) in [5.74, 6) is 0.443. The number of nitrogens with one attached hydrogen (secondary N) is 1. The highest BCUT2D eigenvalue weighted by molar-refractivity contribution is 8.00. The van der Waals surface area contributed by atoms with Crippen LogP contribution in [0, 0.1) is 0 Å². The minimum absolute atomic E-state index is 0.0163. The van der Waals surface area contributed by atoms with Crippen molar-refractivity contribution < 1.29 is 4.79 Å². The number of carbonyl (C=O) groups is 1. The van der Waals surface area contributed by atoms with Crippen molar-refractivity contribution in [1.82, 2.24) is 4.98 Å². The van der Waals surface area contributed by atoms with Gasteiger partial charge in [-0.3, -0.25) is 4.79 Å². The van der Waals surface area contributed by atoms with Gasteiger partial charge in [0.1, 0.15) is 5.01 Å². The van der Waals surface area contributed by atoms with E-state index in [-0.39, 0.29) is 11.2 Å². The molecular weight excluding hydrogens is 288 g/mol. The van der Waals surface area contributed by atoms with Crippen molar-refractivity contribution in [3.05, 3.63) is 45.4 Å². The fourth-order valence-corrected chi connectivity index (χ4v) is 4.02. The quantitative estimate of drug-likeness (QED) is 0.875. The molecule has 1 aliphatic heterocycles. The zero-order valence-corrected chi connectivity index (χ0v) is 11.6. The maximum atomic E-state index is 11.7. The van der Waals surface area contributed by atoms with Gasteiger partial charge in [0.05, 0.1) is 11.0 Å². The van der Waals surface area contributed by atoms with Crippen LogP contribution in [0.3, 0.4) is 0 Å². The number of fused-ring (bicyclic) bond motifs is 1. The van der Waals surface area contributed by atoms with E-state index in [1.54, 1.807) is 35.4 Å². The van der Waals surface area contributed by atoms with E-state index >= 15 is 0 Å². The van der Waals surface area contributed by atoms with E-state index in [1.807, 2.05) is 17.5 Å². The Morgan fingerprint density at radius 3 is 3.11 bits per heavy atom. The maximum Gasteiger partial charge on any atom is 0.234 e. The lowest BCUT2D eigenvalue weighted by Gasteiger charge is -2.14. The van der Waals surface area contributed by atoms with E-state index in [0.29, 0.717) is 10.8 Å². The lowest BCUT2D eigenvalue weighted by atomic mass is 10.1. The molecule has 3 nitrogen and oxygen atoms in total. The largest absolute Gasteiger partial charge is 0.325 e. The second-order valence-corrected chi connectivity index (χ2v) is 6.30. The summed E-state index contributed by atoms with van der Waals surface area (Å²) in [5, 5.41) is 6.59. The van der Waals surface area contributed by atoms with E-state index in [2.05, 4.69) is 10.3 Å². The zero-order chi connectivity index (χ0) is 12.5. The van der Waals surface area contributed by atoms with Gasteiger partial charge in [0.25, 0.3) is 0 Å². The Balaban J connectivity index is 2.11. The molecule has 1 amide bonds. The Morgan fingerprint density at radius 1 is 1.44 bits per heavy atom. The molecule has 1 atom stereocenters. The molecule has 0 saturated heterocycles. The Labute approximate surface area is 118 Å². The van der Waals surface area contributed by atoms with Crippen LogP contribution in [-0.4, -0.2) is 16.6 Å².